The molecule has 0 unspecified atom stereocenters. The lowest BCUT2D eigenvalue weighted by Gasteiger charge is -2.27. The van der Waals surface area contributed by atoms with Crippen LogP contribution in [0.4, 0.5) is 4.39 Å². The molecule has 0 fully saturated rings. The normalized spacial score (nSPS) is 11.4. The van der Waals surface area contributed by atoms with Gasteiger partial charge in [-0.15, -0.1) is 0 Å². The molecule has 2 aromatic rings. The van der Waals surface area contributed by atoms with Crippen molar-refractivity contribution in [2.24, 2.45) is 11.8 Å². The van der Waals surface area contributed by atoms with E-state index in [9.17, 15) is 4.39 Å². The van der Waals surface area contributed by atoms with Crippen LogP contribution in [0.1, 0.15) is 52.9 Å². The topological polar surface area (TPSA) is 53.5 Å². The van der Waals surface area contributed by atoms with Crippen LogP contribution in [0, 0.1) is 17.7 Å². The largest absolute Gasteiger partial charge is 0.497 e. The molecule has 0 saturated heterocycles. The van der Waals surface area contributed by atoms with Crippen molar-refractivity contribution >= 4 is 0 Å². The van der Waals surface area contributed by atoms with Crippen LogP contribution in [0.15, 0.2) is 12.1 Å². The number of hydrogen-bond acceptors (Lipinski definition) is 5. The lowest BCUT2D eigenvalue weighted by atomic mass is 9.96. The van der Waals surface area contributed by atoms with Crippen molar-refractivity contribution in [3.05, 3.63) is 29.3 Å². The monoisotopic (exact) mass is 404 g/mol. The predicted molar refractivity (Wildman–Crippen MR) is 113 cm³/mol. The Kier molecular flexibility index (Phi) is 7.82. The molecule has 160 valence electrons. The number of hydrogen-bond donors (Lipinski definition) is 0. The van der Waals surface area contributed by atoms with E-state index in [1.165, 1.54) is 20.3 Å². The molecule has 0 bridgehead atoms. The van der Waals surface area contributed by atoms with E-state index in [2.05, 4.69) is 27.7 Å². The summed E-state index contributed by atoms with van der Waals surface area (Å²) in [7, 11) is 3.00. The number of nitrogens with zero attached hydrogens (tertiary/aromatic N) is 2. The first-order valence-corrected chi connectivity index (χ1v) is 10.3. The van der Waals surface area contributed by atoms with E-state index in [0.717, 1.165) is 0 Å². The smallest absolute Gasteiger partial charge is 0.236 e. The number of rotatable bonds is 9. The van der Waals surface area contributed by atoms with E-state index in [0.29, 0.717) is 64.7 Å². The van der Waals surface area contributed by atoms with Crippen LogP contribution in [0.2, 0.25) is 0 Å². The number of aryl methyl sites for hydroxylation is 2. The molecule has 0 saturated carbocycles. The van der Waals surface area contributed by atoms with Crippen molar-refractivity contribution < 1.29 is 18.6 Å². The Morgan fingerprint density at radius 2 is 1.52 bits per heavy atom. The average molecular weight is 405 g/mol. The van der Waals surface area contributed by atoms with E-state index in [1.54, 1.807) is 6.07 Å². The Balaban J connectivity index is 2.64. The standard InChI is InChI=1S/C23H33FN2O3/c1-9-17-21(20-16(24)11-15(27-7)12-19(20)28-8)25-18(10-2)23(26-17)29-22(13(3)4)14(5)6/h11-14,22H,9-10H2,1-8H3. The Morgan fingerprint density at radius 1 is 0.897 bits per heavy atom. The molecule has 0 radical (unpaired) electrons. The van der Waals surface area contributed by atoms with Crippen molar-refractivity contribution in [2.75, 3.05) is 14.2 Å². The summed E-state index contributed by atoms with van der Waals surface area (Å²) in [5.74, 6) is 1.51. The fraction of sp³-hybridized carbons (Fsp3) is 0.565. The van der Waals surface area contributed by atoms with Gasteiger partial charge in [-0.3, -0.25) is 0 Å². The number of ether oxygens (including phenoxy) is 3. The molecule has 0 aliphatic heterocycles. The lowest BCUT2D eigenvalue weighted by molar-refractivity contribution is 0.0976. The molecule has 5 nitrogen and oxygen atoms in total. The van der Waals surface area contributed by atoms with E-state index in [-0.39, 0.29) is 6.10 Å². The van der Waals surface area contributed by atoms with Crippen LogP contribution in [0.3, 0.4) is 0 Å². The molecule has 1 aromatic heterocycles. The Labute approximate surface area is 173 Å². The maximum atomic E-state index is 15.0. The third-order valence-corrected chi connectivity index (χ3v) is 4.96. The maximum absolute atomic E-state index is 15.0. The molecule has 1 aromatic carbocycles. The summed E-state index contributed by atoms with van der Waals surface area (Å²) < 4.78 is 31.9. The summed E-state index contributed by atoms with van der Waals surface area (Å²) in [6, 6.07) is 2.99. The minimum Gasteiger partial charge on any atom is -0.497 e. The molecular formula is C23H33FN2O3. The van der Waals surface area contributed by atoms with Gasteiger partial charge >= 0.3 is 0 Å². The number of aromatic nitrogens is 2. The first-order valence-electron chi connectivity index (χ1n) is 10.3. The second-order valence-corrected chi connectivity index (χ2v) is 7.73. The molecule has 0 spiro atoms. The van der Waals surface area contributed by atoms with E-state index >= 15 is 0 Å². The molecule has 0 amide bonds. The van der Waals surface area contributed by atoms with Gasteiger partial charge in [0.15, 0.2) is 0 Å². The summed E-state index contributed by atoms with van der Waals surface area (Å²) in [6.45, 7) is 12.5. The molecule has 0 atom stereocenters. The van der Waals surface area contributed by atoms with Gasteiger partial charge in [-0.1, -0.05) is 41.5 Å². The SMILES string of the molecule is CCc1nc(-c2c(F)cc(OC)cc2OC)c(CC)nc1OC(C(C)C)C(C)C. The van der Waals surface area contributed by atoms with Gasteiger partial charge in [-0.05, 0) is 24.7 Å². The summed E-state index contributed by atoms with van der Waals surface area (Å²) in [5.41, 5.74) is 2.16. The fourth-order valence-corrected chi connectivity index (χ4v) is 3.50. The van der Waals surface area contributed by atoms with Crippen molar-refractivity contribution in [1.82, 2.24) is 9.97 Å². The van der Waals surface area contributed by atoms with Crippen molar-refractivity contribution in [2.45, 2.75) is 60.5 Å². The predicted octanol–water partition coefficient (Wildman–Crippen LogP) is 5.48. The fourth-order valence-electron chi connectivity index (χ4n) is 3.50. The summed E-state index contributed by atoms with van der Waals surface area (Å²) in [5, 5.41) is 0. The molecule has 1 heterocycles. The molecule has 29 heavy (non-hydrogen) atoms. The Bertz CT molecular complexity index is 829. The third-order valence-electron chi connectivity index (χ3n) is 4.96. The minimum absolute atomic E-state index is 0.0254. The highest BCUT2D eigenvalue weighted by atomic mass is 19.1. The second kappa shape index (κ2) is 9.90. The molecular weight excluding hydrogens is 371 g/mol. The summed E-state index contributed by atoms with van der Waals surface area (Å²) >= 11 is 0. The van der Waals surface area contributed by atoms with Crippen molar-refractivity contribution in [3.8, 4) is 28.6 Å². The zero-order valence-electron chi connectivity index (χ0n) is 18.8. The maximum Gasteiger partial charge on any atom is 0.236 e. The summed E-state index contributed by atoms with van der Waals surface area (Å²) in [6.07, 6.45) is 1.24. The van der Waals surface area contributed by atoms with Gasteiger partial charge in [-0.2, -0.15) is 0 Å². The van der Waals surface area contributed by atoms with Gasteiger partial charge in [0.25, 0.3) is 0 Å². The van der Waals surface area contributed by atoms with Crippen LogP contribution in [0.5, 0.6) is 17.4 Å². The first kappa shape index (κ1) is 22.9. The molecule has 0 aliphatic rings. The van der Waals surface area contributed by atoms with Gasteiger partial charge in [0.2, 0.25) is 5.88 Å². The van der Waals surface area contributed by atoms with E-state index in [1.807, 2.05) is 13.8 Å². The molecule has 0 aliphatic carbocycles. The first-order chi connectivity index (χ1) is 13.8. The second-order valence-electron chi connectivity index (χ2n) is 7.73. The highest BCUT2D eigenvalue weighted by molar-refractivity contribution is 5.71. The minimum atomic E-state index is -0.455. The van der Waals surface area contributed by atoms with Crippen molar-refractivity contribution in [3.63, 3.8) is 0 Å². The Morgan fingerprint density at radius 3 is 2.00 bits per heavy atom. The molecule has 6 heteroatoms. The van der Waals surface area contributed by atoms with Crippen LogP contribution in [-0.4, -0.2) is 30.3 Å². The zero-order chi connectivity index (χ0) is 21.7. The highest BCUT2D eigenvalue weighted by Gasteiger charge is 2.25. The van der Waals surface area contributed by atoms with E-state index < -0.39 is 5.82 Å². The average Bonchev–Trinajstić information content (AvgIpc) is 2.70. The Hall–Kier alpha value is -2.37. The van der Waals surface area contributed by atoms with Crippen molar-refractivity contribution in [1.29, 1.82) is 0 Å². The third kappa shape index (κ3) is 4.98. The molecule has 0 N–H and O–H groups in total. The number of halogens is 1. The lowest BCUT2D eigenvalue weighted by Crippen LogP contribution is -2.30. The highest BCUT2D eigenvalue weighted by Crippen LogP contribution is 2.38. The van der Waals surface area contributed by atoms with Gasteiger partial charge < -0.3 is 14.2 Å². The summed E-state index contributed by atoms with van der Waals surface area (Å²) in [4.78, 5) is 9.54. The van der Waals surface area contributed by atoms with Gasteiger partial charge in [-0.25, -0.2) is 14.4 Å². The quantitative estimate of drug-likeness (QED) is 0.554. The van der Waals surface area contributed by atoms with Crippen LogP contribution < -0.4 is 14.2 Å². The molecule has 2 rings (SSSR count). The number of benzene rings is 1. The van der Waals surface area contributed by atoms with Crippen LogP contribution >= 0.6 is 0 Å². The zero-order valence-corrected chi connectivity index (χ0v) is 18.8. The van der Waals surface area contributed by atoms with Gasteiger partial charge in [0, 0.05) is 12.1 Å². The number of methoxy groups -OCH3 is 2. The van der Waals surface area contributed by atoms with E-state index in [4.69, 9.17) is 24.2 Å². The van der Waals surface area contributed by atoms with Gasteiger partial charge in [0.05, 0.1) is 31.2 Å². The van der Waals surface area contributed by atoms with Crippen LogP contribution in [0.25, 0.3) is 11.3 Å². The van der Waals surface area contributed by atoms with Gasteiger partial charge in [0.1, 0.15) is 29.1 Å². The van der Waals surface area contributed by atoms with Crippen LogP contribution in [-0.2, 0) is 12.8 Å².